The van der Waals surface area contributed by atoms with Crippen LogP contribution in [0, 0.1) is 13.8 Å². The molecule has 0 atom stereocenters. The smallest absolute Gasteiger partial charge is 0.0531 e. The highest BCUT2D eigenvalue weighted by molar-refractivity contribution is 7.21. The Hall–Kier alpha value is -0.900. The molecule has 0 bridgehead atoms. The molecule has 0 saturated carbocycles. The average molecular weight is 276 g/mol. The maximum atomic E-state index is 2.25. The molecular formula is C14H12S3. The molecule has 3 aromatic rings. The van der Waals surface area contributed by atoms with Crippen LogP contribution in [0.4, 0.5) is 0 Å². The lowest BCUT2D eigenvalue weighted by Gasteiger charge is -2.01. The summed E-state index contributed by atoms with van der Waals surface area (Å²) in [4.78, 5) is 4.22. The van der Waals surface area contributed by atoms with E-state index < -0.39 is 0 Å². The van der Waals surface area contributed by atoms with Crippen molar-refractivity contribution in [3.8, 4) is 20.2 Å². The molecule has 0 aliphatic rings. The third-order valence-corrected chi connectivity index (χ3v) is 6.13. The van der Waals surface area contributed by atoms with Crippen LogP contribution >= 0.6 is 34.0 Å². The van der Waals surface area contributed by atoms with Crippen molar-refractivity contribution in [1.29, 1.82) is 0 Å². The highest BCUT2D eigenvalue weighted by Crippen LogP contribution is 2.43. The molecule has 0 radical (unpaired) electrons. The summed E-state index contributed by atoms with van der Waals surface area (Å²) in [6, 6.07) is 6.56. The first-order valence-electron chi connectivity index (χ1n) is 5.44. The summed E-state index contributed by atoms with van der Waals surface area (Å²) in [5, 5.41) is 6.59. The third kappa shape index (κ3) is 1.88. The number of rotatable bonds is 2. The maximum Gasteiger partial charge on any atom is 0.0531 e. The Morgan fingerprint density at radius 3 is 2.41 bits per heavy atom. The van der Waals surface area contributed by atoms with Crippen molar-refractivity contribution in [2.45, 2.75) is 13.8 Å². The van der Waals surface area contributed by atoms with Crippen molar-refractivity contribution in [2.24, 2.45) is 0 Å². The fraction of sp³-hybridized carbons (Fsp3) is 0.143. The highest BCUT2D eigenvalue weighted by atomic mass is 32.1. The van der Waals surface area contributed by atoms with E-state index in [1.165, 1.54) is 31.3 Å². The molecule has 0 aromatic carbocycles. The fourth-order valence-corrected chi connectivity index (χ4v) is 4.88. The first-order valence-corrected chi connectivity index (χ1v) is 8.07. The van der Waals surface area contributed by atoms with Crippen molar-refractivity contribution < 1.29 is 0 Å². The lowest BCUT2D eigenvalue weighted by molar-refractivity contribution is 1.41. The molecule has 0 nitrogen and oxygen atoms in total. The molecule has 0 spiro atoms. The standard InChI is InChI=1S/C14H12S3/c1-9-8-17-13(10(9)2)14-11(5-7-16-14)12-4-3-6-15-12/h3-8H,1-2H3. The molecule has 0 N–H and O–H groups in total. The zero-order valence-corrected chi connectivity index (χ0v) is 12.1. The van der Waals surface area contributed by atoms with E-state index in [-0.39, 0.29) is 0 Å². The normalized spacial score (nSPS) is 10.9. The van der Waals surface area contributed by atoms with Crippen LogP contribution in [-0.2, 0) is 0 Å². The minimum absolute atomic E-state index is 1.37. The van der Waals surface area contributed by atoms with Gasteiger partial charge in [0.1, 0.15) is 0 Å². The van der Waals surface area contributed by atoms with E-state index in [0.29, 0.717) is 0 Å². The average Bonchev–Trinajstić information content (AvgIpc) is 3.01. The molecule has 86 valence electrons. The molecule has 17 heavy (non-hydrogen) atoms. The summed E-state index contributed by atoms with van der Waals surface area (Å²) >= 11 is 5.52. The van der Waals surface area contributed by atoms with Gasteiger partial charge < -0.3 is 0 Å². The lowest BCUT2D eigenvalue weighted by Crippen LogP contribution is -1.76. The van der Waals surface area contributed by atoms with Crippen LogP contribution in [0.5, 0.6) is 0 Å². The number of thiophene rings is 3. The predicted molar refractivity (Wildman–Crippen MR) is 80.4 cm³/mol. The highest BCUT2D eigenvalue weighted by Gasteiger charge is 2.14. The van der Waals surface area contributed by atoms with Gasteiger partial charge >= 0.3 is 0 Å². The molecule has 0 aliphatic carbocycles. The van der Waals surface area contributed by atoms with E-state index in [1.807, 2.05) is 34.0 Å². The van der Waals surface area contributed by atoms with E-state index >= 15 is 0 Å². The van der Waals surface area contributed by atoms with Crippen LogP contribution in [0.25, 0.3) is 20.2 Å². The topological polar surface area (TPSA) is 0 Å². The van der Waals surface area contributed by atoms with Crippen LogP contribution < -0.4 is 0 Å². The summed E-state index contributed by atoms with van der Waals surface area (Å²) in [5.74, 6) is 0. The van der Waals surface area contributed by atoms with Crippen LogP contribution in [0.15, 0.2) is 34.3 Å². The number of hydrogen-bond donors (Lipinski definition) is 0. The summed E-state index contributed by atoms with van der Waals surface area (Å²) in [7, 11) is 0. The fourth-order valence-electron chi connectivity index (χ4n) is 1.84. The molecule has 3 heterocycles. The quantitative estimate of drug-likeness (QED) is 0.553. The van der Waals surface area contributed by atoms with Gasteiger partial charge in [0.2, 0.25) is 0 Å². The van der Waals surface area contributed by atoms with E-state index in [1.54, 1.807) is 0 Å². The largest absolute Gasteiger partial charge is 0.144 e. The van der Waals surface area contributed by atoms with Crippen molar-refractivity contribution in [1.82, 2.24) is 0 Å². The van der Waals surface area contributed by atoms with Crippen molar-refractivity contribution in [2.75, 3.05) is 0 Å². The first-order chi connectivity index (χ1) is 8.27. The van der Waals surface area contributed by atoms with Gasteiger partial charge in [-0.1, -0.05) is 6.07 Å². The van der Waals surface area contributed by atoms with Crippen molar-refractivity contribution >= 4 is 34.0 Å². The Morgan fingerprint density at radius 2 is 1.76 bits per heavy atom. The zero-order valence-electron chi connectivity index (χ0n) is 9.69. The summed E-state index contributed by atoms with van der Waals surface area (Å²) in [5.41, 5.74) is 4.21. The monoisotopic (exact) mass is 276 g/mol. The second kappa shape index (κ2) is 4.41. The van der Waals surface area contributed by atoms with Gasteiger partial charge in [-0.05, 0) is 53.2 Å². The van der Waals surface area contributed by atoms with E-state index in [2.05, 4.69) is 48.2 Å². The van der Waals surface area contributed by atoms with Gasteiger partial charge in [-0.3, -0.25) is 0 Å². The Balaban J connectivity index is 2.17. The van der Waals surface area contributed by atoms with Crippen molar-refractivity contribution in [3.63, 3.8) is 0 Å². The zero-order chi connectivity index (χ0) is 11.8. The predicted octanol–water partition coefficient (Wildman–Crippen LogP) is 5.82. The van der Waals surface area contributed by atoms with Gasteiger partial charge in [0.15, 0.2) is 0 Å². The Kier molecular flexibility index (Phi) is 2.90. The third-order valence-electron chi connectivity index (χ3n) is 2.94. The SMILES string of the molecule is Cc1csc(-c2sccc2-c2cccs2)c1C. The van der Waals surface area contributed by atoms with E-state index in [4.69, 9.17) is 0 Å². The van der Waals surface area contributed by atoms with Gasteiger partial charge in [0, 0.05) is 15.3 Å². The molecule has 0 aliphatic heterocycles. The Morgan fingerprint density at radius 1 is 0.882 bits per heavy atom. The van der Waals surface area contributed by atoms with Gasteiger partial charge in [-0.25, -0.2) is 0 Å². The maximum absolute atomic E-state index is 2.25. The van der Waals surface area contributed by atoms with Crippen LogP contribution in [0.3, 0.4) is 0 Å². The van der Waals surface area contributed by atoms with Gasteiger partial charge in [-0.2, -0.15) is 0 Å². The number of aryl methyl sites for hydroxylation is 1. The van der Waals surface area contributed by atoms with Crippen molar-refractivity contribution in [3.05, 3.63) is 45.5 Å². The molecule has 3 heteroatoms. The molecule has 0 fully saturated rings. The first kappa shape index (κ1) is 11.2. The minimum atomic E-state index is 1.37. The summed E-state index contributed by atoms with van der Waals surface area (Å²) in [6.45, 7) is 4.41. The second-order valence-electron chi connectivity index (χ2n) is 4.01. The Bertz CT molecular complexity index is 626. The molecule has 3 aromatic heterocycles. The van der Waals surface area contributed by atoms with E-state index in [9.17, 15) is 0 Å². The van der Waals surface area contributed by atoms with Crippen LogP contribution in [-0.4, -0.2) is 0 Å². The molecule has 0 amide bonds. The summed E-state index contributed by atoms with van der Waals surface area (Å²) < 4.78 is 0. The minimum Gasteiger partial charge on any atom is -0.144 e. The second-order valence-corrected chi connectivity index (χ2v) is 6.76. The molecule has 3 rings (SSSR count). The van der Waals surface area contributed by atoms with Crippen LogP contribution in [0.1, 0.15) is 11.1 Å². The molecule has 0 saturated heterocycles. The summed E-state index contributed by atoms with van der Waals surface area (Å²) in [6.07, 6.45) is 0. The molecular weight excluding hydrogens is 264 g/mol. The van der Waals surface area contributed by atoms with Gasteiger partial charge in [-0.15, -0.1) is 34.0 Å². The lowest BCUT2D eigenvalue weighted by atomic mass is 10.1. The Labute approximate surface area is 113 Å². The molecule has 0 unspecified atom stereocenters. The van der Waals surface area contributed by atoms with Gasteiger partial charge in [0.25, 0.3) is 0 Å². The number of hydrogen-bond acceptors (Lipinski definition) is 3. The van der Waals surface area contributed by atoms with Crippen LogP contribution in [0.2, 0.25) is 0 Å². The van der Waals surface area contributed by atoms with Gasteiger partial charge in [0.05, 0.1) is 4.88 Å². The van der Waals surface area contributed by atoms with E-state index in [0.717, 1.165) is 0 Å².